The number of unbranched alkanes of at least 4 members (excludes halogenated alkanes) is 1. The Balaban J connectivity index is 2.20. The lowest BCUT2D eigenvalue weighted by Gasteiger charge is -2.10. The number of aryl methyl sites for hydroxylation is 1. The Kier molecular flexibility index (Phi) is 6.93. The Labute approximate surface area is 150 Å². The number of hydrogen-bond acceptors (Lipinski definition) is 6. The van der Waals surface area contributed by atoms with Gasteiger partial charge in [0, 0.05) is 25.6 Å². The summed E-state index contributed by atoms with van der Waals surface area (Å²) in [5, 5.41) is 22.5. The van der Waals surface area contributed by atoms with Gasteiger partial charge in [-0.1, -0.05) is 37.2 Å². The second kappa shape index (κ2) is 9.16. The summed E-state index contributed by atoms with van der Waals surface area (Å²) in [4.78, 5) is 21.8. The number of benzene rings is 1. The van der Waals surface area contributed by atoms with Crippen LogP contribution in [-0.4, -0.2) is 38.4 Å². The van der Waals surface area contributed by atoms with Crippen molar-refractivity contribution in [1.29, 1.82) is 0 Å². The van der Waals surface area contributed by atoms with E-state index in [4.69, 9.17) is 0 Å². The Bertz CT molecular complexity index is 730. The highest BCUT2D eigenvalue weighted by molar-refractivity contribution is 7.99. The van der Waals surface area contributed by atoms with Gasteiger partial charge in [0.2, 0.25) is 5.91 Å². The first-order valence-corrected chi connectivity index (χ1v) is 9.02. The fraction of sp³-hybridized carbons (Fsp3) is 0.438. The van der Waals surface area contributed by atoms with Crippen LogP contribution in [0.5, 0.6) is 0 Å². The molecule has 0 bridgehead atoms. The van der Waals surface area contributed by atoms with Crippen LogP contribution in [0.4, 0.5) is 5.69 Å². The summed E-state index contributed by atoms with van der Waals surface area (Å²) in [5.41, 5.74) is 0.984. The molecule has 1 aromatic carbocycles. The van der Waals surface area contributed by atoms with Gasteiger partial charge >= 0.3 is 0 Å². The summed E-state index contributed by atoms with van der Waals surface area (Å²) in [6, 6.07) is 6.44. The number of nitrogens with one attached hydrogen (secondary N) is 1. The van der Waals surface area contributed by atoms with E-state index in [1.54, 1.807) is 19.2 Å². The molecule has 0 aliphatic rings. The maximum Gasteiger partial charge on any atom is 0.269 e. The van der Waals surface area contributed by atoms with Crippen LogP contribution in [0.25, 0.3) is 0 Å². The van der Waals surface area contributed by atoms with Gasteiger partial charge in [-0.05, 0) is 12.0 Å². The molecule has 25 heavy (non-hydrogen) atoms. The standard InChI is InChI=1S/C16H21N5O3S/c1-3-4-5-14-18-19-16(25-11-15(22)17-2)20(14)10-12-6-8-13(9-7-12)21(23)24/h6-9H,3-5,10-11H2,1-2H3,(H,17,22). The molecule has 0 aliphatic heterocycles. The zero-order valence-corrected chi connectivity index (χ0v) is 15.1. The summed E-state index contributed by atoms with van der Waals surface area (Å²) in [7, 11) is 1.59. The molecule has 2 rings (SSSR count). The number of nitro benzene ring substituents is 1. The van der Waals surface area contributed by atoms with Crippen molar-refractivity contribution in [3.05, 3.63) is 45.8 Å². The summed E-state index contributed by atoms with van der Waals surface area (Å²) < 4.78 is 1.98. The average Bonchev–Trinajstić information content (AvgIpc) is 2.99. The summed E-state index contributed by atoms with van der Waals surface area (Å²) in [6.07, 6.45) is 2.85. The van der Waals surface area contributed by atoms with Gasteiger partial charge < -0.3 is 9.88 Å². The topological polar surface area (TPSA) is 103 Å². The minimum atomic E-state index is -0.417. The Morgan fingerprint density at radius 3 is 2.64 bits per heavy atom. The van der Waals surface area contributed by atoms with Crippen LogP contribution in [0.1, 0.15) is 31.2 Å². The number of aromatic nitrogens is 3. The molecular formula is C16H21N5O3S. The van der Waals surface area contributed by atoms with E-state index in [9.17, 15) is 14.9 Å². The molecule has 0 radical (unpaired) electrons. The van der Waals surface area contributed by atoms with Gasteiger partial charge in [-0.3, -0.25) is 14.9 Å². The fourth-order valence-electron chi connectivity index (χ4n) is 2.21. The highest BCUT2D eigenvalue weighted by Gasteiger charge is 2.14. The van der Waals surface area contributed by atoms with Crippen LogP contribution in [0.15, 0.2) is 29.4 Å². The van der Waals surface area contributed by atoms with Crippen molar-refractivity contribution >= 4 is 23.4 Å². The second-order valence-corrected chi connectivity index (χ2v) is 6.42. The molecule has 1 amide bonds. The van der Waals surface area contributed by atoms with Crippen LogP contribution in [0.2, 0.25) is 0 Å². The summed E-state index contributed by atoms with van der Waals surface area (Å²) >= 11 is 1.33. The molecule has 0 saturated heterocycles. The first-order valence-electron chi connectivity index (χ1n) is 8.04. The Morgan fingerprint density at radius 1 is 1.32 bits per heavy atom. The van der Waals surface area contributed by atoms with Crippen molar-refractivity contribution < 1.29 is 9.72 Å². The van der Waals surface area contributed by atoms with Gasteiger partial charge in [-0.25, -0.2) is 0 Å². The molecule has 0 unspecified atom stereocenters. The fourth-order valence-corrected chi connectivity index (χ4v) is 3.04. The summed E-state index contributed by atoms with van der Waals surface area (Å²) in [6.45, 7) is 2.62. The van der Waals surface area contributed by atoms with Gasteiger partial charge in [-0.15, -0.1) is 10.2 Å². The number of nitro groups is 1. The lowest BCUT2D eigenvalue weighted by molar-refractivity contribution is -0.384. The van der Waals surface area contributed by atoms with Gasteiger partial charge in [0.05, 0.1) is 17.2 Å². The minimum Gasteiger partial charge on any atom is -0.358 e. The van der Waals surface area contributed by atoms with Crippen LogP contribution >= 0.6 is 11.8 Å². The summed E-state index contributed by atoms with van der Waals surface area (Å²) in [5.74, 6) is 1.05. The van der Waals surface area contributed by atoms with Gasteiger partial charge in [0.1, 0.15) is 5.82 Å². The van der Waals surface area contributed by atoms with Crippen molar-refractivity contribution in [2.24, 2.45) is 0 Å². The average molecular weight is 363 g/mol. The molecule has 0 atom stereocenters. The molecule has 0 fully saturated rings. The molecule has 1 heterocycles. The Morgan fingerprint density at radius 2 is 2.04 bits per heavy atom. The molecular weight excluding hydrogens is 342 g/mol. The van der Waals surface area contributed by atoms with E-state index in [0.29, 0.717) is 11.7 Å². The number of nitrogens with zero attached hydrogens (tertiary/aromatic N) is 4. The molecule has 9 heteroatoms. The third kappa shape index (κ3) is 5.28. The van der Waals surface area contributed by atoms with Crippen LogP contribution in [0, 0.1) is 10.1 Å². The number of amides is 1. The van der Waals surface area contributed by atoms with E-state index < -0.39 is 4.92 Å². The van der Waals surface area contributed by atoms with Crippen molar-refractivity contribution in [3.8, 4) is 0 Å². The minimum absolute atomic E-state index is 0.0629. The number of non-ortho nitro benzene ring substituents is 1. The molecule has 0 saturated carbocycles. The van der Waals surface area contributed by atoms with Gasteiger partial charge in [0.25, 0.3) is 5.69 Å². The quantitative estimate of drug-likeness (QED) is 0.417. The maximum atomic E-state index is 11.5. The first kappa shape index (κ1) is 18.9. The van der Waals surface area contributed by atoms with Crippen LogP contribution < -0.4 is 5.32 Å². The predicted molar refractivity (Wildman–Crippen MR) is 95.6 cm³/mol. The molecule has 1 aromatic heterocycles. The lowest BCUT2D eigenvalue weighted by Crippen LogP contribution is -2.20. The zero-order valence-electron chi connectivity index (χ0n) is 14.3. The highest BCUT2D eigenvalue weighted by Crippen LogP contribution is 2.21. The largest absolute Gasteiger partial charge is 0.358 e. The maximum absolute atomic E-state index is 11.5. The molecule has 8 nitrogen and oxygen atoms in total. The molecule has 0 aliphatic carbocycles. The van der Waals surface area contributed by atoms with Crippen molar-refractivity contribution in [1.82, 2.24) is 20.1 Å². The number of rotatable bonds is 9. The van der Waals surface area contributed by atoms with Crippen LogP contribution in [0.3, 0.4) is 0 Å². The van der Waals surface area contributed by atoms with E-state index >= 15 is 0 Å². The van der Waals surface area contributed by atoms with Crippen molar-refractivity contribution in [2.45, 2.75) is 37.9 Å². The zero-order chi connectivity index (χ0) is 18.2. The third-order valence-corrected chi connectivity index (χ3v) is 4.61. The number of carbonyl (C=O) groups excluding carboxylic acids is 1. The molecule has 134 valence electrons. The predicted octanol–water partition coefficient (Wildman–Crippen LogP) is 2.42. The van der Waals surface area contributed by atoms with E-state index in [0.717, 1.165) is 30.7 Å². The monoisotopic (exact) mass is 363 g/mol. The normalized spacial score (nSPS) is 10.6. The van der Waals surface area contributed by atoms with E-state index in [1.807, 2.05) is 4.57 Å². The third-order valence-electron chi connectivity index (χ3n) is 3.65. The van der Waals surface area contributed by atoms with Gasteiger partial charge in [0.15, 0.2) is 5.16 Å². The lowest BCUT2D eigenvalue weighted by atomic mass is 10.2. The highest BCUT2D eigenvalue weighted by atomic mass is 32.2. The second-order valence-electron chi connectivity index (χ2n) is 5.47. The smallest absolute Gasteiger partial charge is 0.269 e. The van der Waals surface area contributed by atoms with Gasteiger partial charge in [-0.2, -0.15) is 0 Å². The molecule has 1 N–H and O–H groups in total. The van der Waals surface area contributed by atoms with E-state index in [1.165, 1.54) is 23.9 Å². The van der Waals surface area contributed by atoms with Crippen molar-refractivity contribution in [3.63, 3.8) is 0 Å². The van der Waals surface area contributed by atoms with Crippen LogP contribution in [-0.2, 0) is 17.8 Å². The SMILES string of the molecule is CCCCc1nnc(SCC(=O)NC)n1Cc1ccc([N+](=O)[O-])cc1. The van der Waals surface area contributed by atoms with E-state index in [-0.39, 0.29) is 17.3 Å². The van der Waals surface area contributed by atoms with E-state index in [2.05, 4.69) is 22.4 Å². The number of carbonyl (C=O) groups is 1. The van der Waals surface area contributed by atoms with Crippen molar-refractivity contribution in [2.75, 3.05) is 12.8 Å². The molecule has 2 aromatic rings. The first-order chi connectivity index (χ1) is 12.0. The number of thioether (sulfide) groups is 1. The molecule has 0 spiro atoms. The Hall–Kier alpha value is -2.42. The number of hydrogen-bond donors (Lipinski definition) is 1.